The summed E-state index contributed by atoms with van der Waals surface area (Å²) in [5.41, 5.74) is 2.82. The monoisotopic (exact) mass is 389 g/mol. The quantitative estimate of drug-likeness (QED) is 0.315. The van der Waals surface area contributed by atoms with Crippen LogP contribution in [0.3, 0.4) is 0 Å². The van der Waals surface area contributed by atoms with Gasteiger partial charge in [0.1, 0.15) is 15.7 Å². The molecule has 0 unspecified atom stereocenters. The fraction of sp³-hybridized carbons (Fsp3) is 0.0909. The number of likely N-dealkylation sites (N-methyl/N-ethyl adjacent to an activating group) is 1. The van der Waals surface area contributed by atoms with Crippen molar-refractivity contribution in [2.24, 2.45) is 0 Å². The number of fused-ring (bicyclic) bond motifs is 4. The van der Waals surface area contributed by atoms with E-state index in [1.807, 2.05) is 49.4 Å². The summed E-state index contributed by atoms with van der Waals surface area (Å²) in [6.07, 6.45) is 1.93. The normalized spacial score (nSPS) is 16.5. The number of carbonyl (C=O) groups is 1. The van der Waals surface area contributed by atoms with Gasteiger partial charge in [-0.3, -0.25) is 9.69 Å². The van der Waals surface area contributed by atoms with Gasteiger partial charge in [-0.2, -0.15) is 0 Å². The zero-order valence-electron chi connectivity index (χ0n) is 14.6. The maximum atomic E-state index is 12.7. The number of thiocarbonyl (C=S) groups is 1. The van der Waals surface area contributed by atoms with Crippen LogP contribution >= 0.6 is 24.0 Å². The maximum absolute atomic E-state index is 12.7. The molecule has 0 radical (unpaired) electrons. The molecule has 0 N–H and O–H groups in total. The lowest BCUT2D eigenvalue weighted by Gasteiger charge is -2.09. The Morgan fingerprint density at radius 1 is 1.11 bits per heavy atom. The molecular formula is C22H15NO2S2. The highest BCUT2D eigenvalue weighted by molar-refractivity contribution is 8.26. The zero-order chi connectivity index (χ0) is 18.5. The number of amides is 1. The predicted molar refractivity (Wildman–Crippen MR) is 116 cm³/mol. The second kappa shape index (κ2) is 6.22. The predicted octanol–water partition coefficient (Wildman–Crippen LogP) is 5.91. The number of hydrogen-bond donors (Lipinski definition) is 0. The van der Waals surface area contributed by atoms with Crippen molar-refractivity contribution in [3.05, 3.63) is 65.1 Å². The Morgan fingerprint density at radius 2 is 1.85 bits per heavy atom. The molecule has 1 aliphatic carbocycles. The lowest BCUT2D eigenvalue weighted by Crippen LogP contribution is -2.27. The summed E-state index contributed by atoms with van der Waals surface area (Å²) in [5, 5.41) is 3.26. The molecule has 3 aliphatic rings. The average molecular weight is 390 g/mol. The van der Waals surface area contributed by atoms with Gasteiger partial charge in [0.15, 0.2) is 0 Å². The Bertz CT molecular complexity index is 1240. The van der Waals surface area contributed by atoms with E-state index in [9.17, 15) is 4.79 Å². The van der Waals surface area contributed by atoms with E-state index in [1.54, 1.807) is 4.90 Å². The SMILES string of the molecule is CCN1C(=O)/C(=C/c2c3oc4ccccc4cc-3c3ccccc23)SC1=S. The van der Waals surface area contributed by atoms with Crippen molar-refractivity contribution in [3.63, 3.8) is 0 Å². The van der Waals surface area contributed by atoms with Gasteiger partial charge in [0, 0.05) is 23.1 Å². The van der Waals surface area contributed by atoms with Crippen molar-refractivity contribution in [1.29, 1.82) is 0 Å². The molecule has 1 amide bonds. The Morgan fingerprint density at radius 3 is 2.63 bits per heavy atom. The molecule has 2 aromatic rings. The molecule has 2 aliphatic heterocycles. The molecule has 27 heavy (non-hydrogen) atoms. The third-order valence-corrected chi connectivity index (χ3v) is 6.27. The maximum Gasteiger partial charge on any atom is 0.266 e. The summed E-state index contributed by atoms with van der Waals surface area (Å²) < 4.78 is 6.88. The zero-order valence-corrected chi connectivity index (χ0v) is 16.2. The van der Waals surface area contributed by atoms with Gasteiger partial charge in [-0.15, -0.1) is 0 Å². The van der Waals surface area contributed by atoms with E-state index in [-0.39, 0.29) is 5.91 Å². The third kappa shape index (κ3) is 2.50. The summed E-state index contributed by atoms with van der Waals surface area (Å²) in [4.78, 5) is 14.9. The first-order valence-corrected chi connectivity index (χ1v) is 9.98. The molecule has 0 saturated carbocycles. The highest BCUT2D eigenvalue weighted by Crippen LogP contribution is 2.44. The van der Waals surface area contributed by atoms with E-state index in [0.29, 0.717) is 15.8 Å². The topological polar surface area (TPSA) is 33.5 Å². The van der Waals surface area contributed by atoms with Crippen LogP contribution in [0.25, 0.3) is 39.1 Å². The first-order valence-electron chi connectivity index (χ1n) is 8.75. The summed E-state index contributed by atoms with van der Waals surface area (Å²) in [5.74, 6) is 0.767. The van der Waals surface area contributed by atoms with Gasteiger partial charge in [-0.1, -0.05) is 66.4 Å². The summed E-state index contributed by atoms with van der Waals surface area (Å²) >= 11 is 6.70. The van der Waals surface area contributed by atoms with Crippen LogP contribution in [-0.4, -0.2) is 21.7 Å². The number of thioether (sulfide) groups is 1. The van der Waals surface area contributed by atoms with E-state index >= 15 is 0 Å². The molecule has 0 bridgehead atoms. The van der Waals surface area contributed by atoms with Gasteiger partial charge >= 0.3 is 0 Å². The number of nitrogens with zero attached hydrogens (tertiary/aromatic N) is 1. The van der Waals surface area contributed by atoms with Crippen LogP contribution in [0.15, 0.2) is 63.9 Å². The smallest absolute Gasteiger partial charge is 0.266 e. The van der Waals surface area contributed by atoms with Gasteiger partial charge in [0.05, 0.1) is 4.91 Å². The molecule has 5 heteroatoms. The van der Waals surface area contributed by atoms with E-state index in [2.05, 4.69) is 18.2 Å². The highest BCUT2D eigenvalue weighted by Gasteiger charge is 2.31. The Hall–Kier alpha value is -2.63. The molecule has 3 nitrogen and oxygen atoms in total. The minimum atomic E-state index is -0.0354. The minimum Gasteiger partial charge on any atom is -0.455 e. The molecule has 5 rings (SSSR count). The van der Waals surface area contributed by atoms with Crippen LogP contribution in [0.2, 0.25) is 0 Å². The van der Waals surface area contributed by atoms with Gasteiger partial charge in [0.2, 0.25) is 0 Å². The Kier molecular flexibility index (Phi) is 3.81. The molecular weight excluding hydrogens is 374 g/mol. The van der Waals surface area contributed by atoms with Crippen molar-refractivity contribution < 1.29 is 9.21 Å². The first-order chi connectivity index (χ1) is 13.2. The Balaban J connectivity index is 1.81. The Labute approximate surface area is 166 Å². The summed E-state index contributed by atoms with van der Waals surface area (Å²) in [6.45, 7) is 2.52. The lowest BCUT2D eigenvalue weighted by molar-refractivity contribution is -0.121. The molecule has 2 heterocycles. The number of para-hydroxylation sites is 1. The second-order valence-corrected chi connectivity index (χ2v) is 8.09. The van der Waals surface area contributed by atoms with E-state index in [0.717, 1.165) is 38.6 Å². The molecule has 1 saturated heterocycles. The third-order valence-electron chi connectivity index (χ3n) is 4.89. The summed E-state index contributed by atoms with van der Waals surface area (Å²) in [7, 11) is 0. The van der Waals surface area contributed by atoms with Crippen LogP contribution in [0.4, 0.5) is 0 Å². The van der Waals surface area contributed by atoms with Crippen molar-refractivity contribution >= 4 is 62.0 Å². The fourth-order valence-corrected chi connectivity index (χ4v) is 4.97. The van der Waals surface area contributed by atoms with Gasteiger partial charge < -0.3 is 4.42 Å². The van der Waals surface area contributed by atoms with Gasteiger partial charge in [0.25, 0.3) is 5.91 Å². The number of benzene rings is 2. The molecule has 0 atom stereocenters. The highest BCUT2D eigenvalue weighted by atomic mass is 32.2. The average Bonchev–Trinajstić information content (AvgIpc) is 3.14. The molecule has 1 fully saturated rings. The van der Waals surface area contributed by atoms with Crippen LogP contribution in [0.5, 0.6) is 0 Å². The van der Waals surface area contributed by atoms with Crippen molar-refractivity contribution in [2.45, 2.75) is 6.92 Å². The first kappa shape index (κ1) is 16.5. The van der Waals surface area contributed by atoms with E-state index in [4.69, 9.17) is 16.6 Å². The van der Waals surface area contributed by atoms with Gasteiger partial charge in [-0.25, -0.2) is 0 Å². The largest absolute Gasteiger partial charge is 0.455 e. The number of carbonyl (C=O) groups excluding carboxylic acids is 1. The number of hydrogen-bond acceptors (Lipinski definition) is 4. The number of rotatable bonds is 2. The fourth-order valence-electron chi connectivity index (χ4n) is 3.60. The molecule has 0 aromatic heterocycles. The molecule has 132 valence electrons. The minimum absolute atomic E-state index is 0.0354. The van der Waals surface area contributed by atoms with Crippen molar-refractivity contribution in [2.75, 3.05) is 6.54 Å². The van der Waals surface area contributed by atoms with E-state index in [1.165, 1.54) is 11.8 Å². The molecule has 0 spiro atoms. The molecule has 2 aromatic carbocycles. The van der Waals surface area contributed by atoms with Crippen LogP contribution in [0.1, 0.15) is 12.5 Å². The van der Waals surface area contributed by atoms with Gasteiger partial charge in [-0.05, 0) is 35.9 Å². The van der Waals surface area contributed by atoms with Crippen LogP contribution in [0, 0.1) is 0 Å². The lowest BCUT2D eigenvalue weighted by atomic mass is 10.1. The van der Waals surface area contributed by atoms with Crippen molar-refractivity contribution in [1.82, 2.24) is 4.90 Å². The second-order valence-electron chi connectivity index (χ2n) is 6.41. The standard InChI is InChI=1S/C22H15NO2S2/c1-2-23-21(24)19(27-22(23)26)12-17-15-9-5-4-8-14(15)16-11-13-7-3-6-10-18(13)25-20(16)17/h3-12H,2H2,1H3/b19-12-. The summed E-state index contributed by atoms with van der Waals surface area (Å²) in [6, 6.07) is 18.3. The van der Waals surface area contributed by atoms with Crippen molar-refractivity contribution in [3.8, 4) is 11.3 Å². The van der Waals surface area contributed by atoms with Crippen LogP contribution in [-0.2, 0) is 4.79 Å². The van der Waals surface area contributed by atoms with E-state index < -0.39 is 0 Å². The van der Waals surface area contributed by atoms with Crippen LogP contribution < -0.4 is 0 Å².